The SMILES string of the molecule is COC(=O)[C@@H]1C[C@H](F)C[C@H]1C[Si](C)(C)C. The molecule has 88 valence electrons. The number of ether oxygens (including phenoxy) is 1. The first-order chi connectivity index (χ1) is 6.83. The van der Waals surface area contributed by atoms with Crippen LogP contribution in [0.1, 0.15) is 12.8 Å². The largest absolute Gasteiger partial charge is 0.469 e. The first-order valence-corrected chi connectivity index (χ1v) is 9.26. The number of esters is 1. The minimum absolute atomic E-state index is 0.197. The monoisotopic (exact) mass is 232 g/mol. The van der Waals surface area contributed by atoms with Crippen LogP contribution < -0.4 is 0 Å². The zero-order valence-corrected chi connectivity index (χ0v) is 11.0. The van der Waals surface area contributed by atoms with E-state index in [-0.39, 0.29) is 17.8 Å². The van der Waals surface area contributed by atoms with Crippen molar-refractivity contribution in [3.8, 4) is 0 Å². The van der Waals surface area contributed by atoms with Gasteiger partial charge in [-0.15, -0.1) is 0 Å². The van der Waals surface area contributed by atoms with Crippen LogP contribution in [0.3, 0.4) is 0 Å². The minimum Gasteiger partial charge on any atom is -0.469 e. The van der Waals surface area contributed by atoms with Crippen LogP contribution in [0, 0.1) is 11.8 Å². The summed E-state index contributed by atoms with van der Waals surface area (Å²) in [6, 6.07) is 1.02. The van der Waals surface area contributed by atoms with E-state index in [0.717, 1.165) is 6.04 Å². The molecule has 0 aromatic rings. The van der Waals surface area contributed by atoms with Crippen molar-refractivity contribution in [1.82, 2.24) is 0 Å². The van der Waals surface area contributed by atoms with E-state index in [4.69, 9.17) is 4.74 Å². The lowest BCUT2D eigenvalue weighted by atomic mass is 9.98. The number of hydrogen-bond acceptors (Lipinski definition) is 2. The number of hydrogen-bond donors (Lipinski definition) is 0. The van der Waals surface area contributed by atoms with Crippen LogP contribution >= 0.6 is 0 Å². The molecule has 1 rings (SSSR count). The van der Waals surface area contributed by atoms with E-state index in [9.17, 15) is 9.18 Å². The Morgan fingerprint density at radius 2 is 2.00 bits per heavy atom. The first kappa shape index (κ1) is 12.7. The summed E-state index contributed by atoms with van der Waals surface area (Å²) in [7, 11) is 0.162. The van der Waals surface area contributed by atoms with Gasteiger partial charge >= 0.3 is 5.97 Å². The summed E-state index contributed by atoms with van der Waals surface area (Å²) in [5, 5.41) is 0. The molecule has 1 aliphatic carbocycles. The van der Waals surface area contributed by atoms with Gasteiger partial charge < -0.3 is 4.74 Å². The number of halogens is 1. The average Bonchev–Trinajstić information content (AvgIpc) is 2.42. The van der Waals surface area contributed by atoms with Crippen molar-refractivity contribution in [2.24, 2.45) is 11.8 Å². The molecule has 0 N–H and O–H groups in total. The average molecular weight is 232 g/mol. The van der Waals surface area contributed by atoms with Crippen molar-refractivity contribution in [2.75, 3.05) is 7.11 Å². The van der Waals surface area contributed by atoms with Crippen molar-refractivity contribution >= 4 is 14.0 Å². The van der Waals surface area contributed by atoms with Gasteiger partial charge in [0, 0.05) is 8.07 Å². The van der Waals surface area contributed by atoms with E-state index >= 15 is 0 Å². The summed E-state index contributed by atoms with van der Waals surface area (Å²) in [5.41, 5.74) is 0. The Kier molecular flexibility index (Phi) is 3.92. The van der Waals surface area contributed by atoms with Crippen molar-refractivity contribution in [2.45, 2.75) is 44.7 Å². The molecule has 0 amide bonds. The molecular weight excluding hydrogens is 211 g/mol. The van der Waals surface area contributed by atoms with E-state index < -0.39 is 14.2 Å². The van der Waals surface area contributed by atoms with E-state index in [2.05, 4.69) is 19.6 Å². The third-order valence-electron chi connectivity index (χ3n) is 3.02. The Morgan fingerprint density at radius 3 is 2.47 bits per heavy atom. The highest BCUT2D eigenvalue weighted by Crippen LogP contribution is 2.39. The number of carbonyl (C=O) groups excluding carboxylic acids is 1. The topological polar surface area (TPSA) is 26.3 Å². The van der Waals surface area contributed by atoms with Gasteiger partial charge in [-0.1, -0.05) is 25.7 Å². The zero-order chi connectivity index (χ0) is 11.6. The highest BCUT2D eigenvalue weighted by atomic mass is 28.3. The summed E-state index contributed by atoms with van der Waals surface area (Å²) in [4.78, 5) is 11.5. The molecule has 0 saturated heterocycles. The van der Waals surface area contributed by atoms with Crippen molar-refractivity contribution in [3.05, 3.63) is 0 Å². The molecule has 0 spiro atoms. The van der Waals surface area contributed by atoms with E-state index in [1.165, 1.54) is 7.11 Å². The molecule has 1 saturated carbocycles. The Morgan fingerprint density at radius 1 is 1.40 bits per heavy atom. The van der Waals surface area contributed by atoms with Crippen molar-refractivity contribution in [3.63, 3.8) is 0 Å². The molecule has 0 radical (unpaired) electrons. The van der Waals surface area contributed by atoms with Gasteiger partial charge in [-0.2, -0.15) is 0 Å². The predicted molar refractivity (Wildman–Crippen MR) is 61.3 cm³/mol. The van der Waals surface area contributed by atoms with E-state index in [1.54, 1.807) is 0 Å². The minimum atomic E-state index is -1.23. The maximum Gasteiger partial charge on any atom is 0.309 e. The highest BCUT2D eigenvalue weighted by molar-refractivity contribution is 6.76. The second-order valence-corrected chi connectivity index (χ2v) is 11.3. The lowest BCUT2D eigenvalue weighted by molar-refractivity contribution is -0.146. The molecule has 0 bridgehead atoms. The van der Waals surface area contributed by atoms with Crippen molar-refractivity contribution < 1.29 is 13.9 Å². The van der Waals surface area contributed by atoms with Crippen molar-refractivity contribution in [1.29, 1.82) is 0 Å². The molecule has 1 aliphatic rings. The molecule has 15 heavy (non-hydrogen) atoms. The fourth-order valence-corrected chi connectivity index (χ4v) is 4.53. The Balaban J connectivity index is 2.65. The number of carbonyl (C=O) groups is 1. The quantitative estimate of drug-likeness (QED) is 0.552. The van der Waals surface area contributed by atoms with Crippen LogP contribution in [0.4, 0.5) is 4.39 Å². The van der Waals surface area contributed by atoms with Crippen LogP contribution in [0.2, 0.25) is 25.7 Å². The number of rotatable bonds is 3. The second kappa shape index (κ2) is 4.64. The zero-order valence-electron chi connectivity index (χ0n) is 10.0. The van der Waals surface area contributed by atoms with E-state index in [0.29, 0.717) is 12.8 Å². The van der Waals surface area contributed by atoms with Gasteiger partial charge in [0.05, 0.1) is 13.0 Å². The normalized spacial score (nSPS) is 31.7. The van der Waals surface area contributed by atoms with Crippen LogP contribution in [0.15, 0.2) is 0 Å². The number of methoxy groups -OCH3 is 1. The Bertz CT molecular complexity index is 237. The maximum atomic E-state index is 13.3. The molecule has 2 nitrogen and oxygen atoms in total. The Hall–Kier alpha value is -0.383. The van der Waals surface area contributed by atoms with Gasteiger partial charge in [0.15, 0.2) is 0 Å². The Labute approximate surface area is 92.2 Å². The smallest absolute Gasteiger partial charge is 0.309 e. The van der Waals surface area contributed by atoms with Crippen LogP contribution in [-0.2, 0) is 9.53 Å². The van der Waals surface area contributed by atoms with Gasteiger partial charge in [0.2, 0.25) is 0 Å². The highest BCUT2D eigenvalue weighted by Gasteiger charge is 2.41. The molecule has 3 atom stereocenters. The molecule has 1 fully saturated rings. The molecular formula is C11H21FO2Si. The molecule has 4 heteroatoms. The van der Waals surface area contributed by atoms with Gasteiger partial charge in [-0.05, 0) is 18.8 Å². The lowest BCUT2D eigenvalue weighted by Gasteiger charge is -2.24. The number of alkyl halides is 1. The summed E-state index contributed by atoms with van der Waals surface area (Å²) in [6.45, 7) is 6.77. The molecule has 0 aromatic heterocycles. The first-order valence-electron chi connectivity index (χ1n) is 5.55. The fourth-order valence-electron chi connectivity index (χ4n) is 2.51. The molecule has 0 aliphatic heterocycles. The van der Waals surface area contributed by atoms with Gasteiger partial charge in [0.1, 0.15) is 6.17 Å². The third kappa shape index (κ3) is 3.59. The van der Waals surface area contributed by atoms with Gasteiger partial charge in [-0.3, -0.25) is 4.79 Å². The molecule has 0 aromatic carbocycles. The summed E-state index contributed by atoms with van der Waals surface area (Å²) < 4.78 is 18.0. The van der Waals surface area contributed by atoms with Crippen LogP contribution in [0.5, 0.6) is 0 Å². The van der Waals surface area contributed by atoms with E-state index in [1.807, 2.05) is 0 Å². The second-order valence-electron chi connectivity index (χ2n) is 5.72. The maximum absolute atomic E-state index is 13.3. The standard InChI is InChI=1S/C11H21FO2Si/c1-14-11(13)10-6-9(12)5-8(10)7-15(2,3)4/h8-10H,5-7H2,1-4H3/t8-,9+,10+/m0/s1. The lowest BCUT2D eigenvalue weighted by Crippen LogP contribution is -2.29. The van der Waals surface area contributed by atoms with Gasteiger partial charge in [0.25, 0.3) is 0 Å². The predicted octanol–water partition coefficient (Wildman–Crippen LogP) is 2.86. The van der Waals surface area contributed by atoms with Crippen LogP contribution in [-0.4, -0.2) is 27.3 Å². The third-order valence-corrected chi connectivity index (χ3v) is 4.76. The summed E-state index contributed by atoms with van der Waals surface area (Å²) >= 11 is 0. The van der Waals surface area contributed by atoms with Gasteiger partial charge in [-0.25, -0.2) is 4.39 Å². The fraction of sp³-hybridized carbons (Fsp3) is 0.909. The van der Waals surface area contributed by atoms with Crippen LogP contribution in [0.25, 0.3) is 0 Å². The molecule has 0 unspecified atom stereocenters. The summed E-state index contributed by atoms with van der Waals surface area (Å²) in [6.07, 6.45) is 0.0988. The molecule has 0 heterocycles. The summed E-state index contributed by atoms with van der Waals surface area (Å²) in [5.74, 6) is -0.214.